The van der Waals surface area contributed by atoms with E-state index in [2.05, 4.69) is 16.0 Å². The first-order valence-corrected chi connectivity index (χ1v) is 17.8. The number of Topliss-reactive ketones (excluding diaryl/α,β-unsaturated/α-hetero) is 3. The number of likely N-dealkylation sites (tertiary alicyclic amines) is 1. The van der Waals surface area contributed by atoms with E-state index >= 15 is 0 Å². The monoisotopic (exact) mass is 695 g/mol. The Bertz CT molecular complexity index is 1430. The zero-order chi connectivity index (χ0) is 37.6. The quantitative estimate of drug-likeness (QED) is 0.221. The van der Waals surface area contributed by atoms with Crippen molar-refractivity contribution < 1.29 is 33.6 Å². The number of hydrogen-bond donors (Lipinski definition) is 3. The Morgan fingerprint density at radius 2 is 1.56 bits per heavy atom. The van der Waals surface area contributed by atoms with Crippen molar-refractivity contribution in [2.45, 2.75) is 117 Å². The molecule has 1 aromatic rings. The van der Waals surface area contributed by atoms with Crippen molar-refractivity contribution in [3.63, 3.8) is 0 Å². The molecule has 3 N–H and O–H groups in total. The molecule has 1 heterocycles. The Kier molecular flexibility index (Phi) is 13.5. The van der Waals surface area contributed by atoms with Crippen molar-refractivity contribution in [2.75, 3.05) is 20.6 Å². The van der Waals surface area contributed by atoms with E-state index in [9.17, 15) is 33.6 Å². The Hall–Kier alpha value is -4.09. The van der Waals surface area contributed by atoms with Gasteiger partial charge in [-0.3, -0.25) is 28.8 Å². The third-order valence-electron chi connectivity index (χ3n) is 9.34. The second-order valence-corrected chi connectivity index (χ2v) is 16.2. The number of benzene rings is 1. The molecular weight excluding hydrogens is 638 g/mol. The molecule has 5 amide bonds. The molecule has 0 radical (unpaired) electrons. The maximum absolute atomic E-state index is 14.0. The second kappa shape index (κ2) is 16.7. The van der Waals surface area contributed by atoms with Gasteiger partial charge in [-0.1, -0.05) is 70.9 Å². The van der Waals surface area contributed by atoms with E-state index in [0.29, 0.717) is 24.9 Å². The summed E-state index contributed by atoms with van der Waals surface area (Å²) >= 11 is 0. The van der Waals surface area contributed by atoms with Crippen LogP contribution in [-0.4, -0.2) is 89.2 Å². The molecule has 276 valence electrons. The number of nitrogens with zero attached hydrogens (tertiary/aromatic N) is 2. The van der Waals surface area contributed by atoms with Gasteiger partial charge in [0.05, 0.1) is 6.04 Å². The molecule has 12 heteroatoms. The summed E-state index contributed by atoms with van der Waals surface area (Å²) in [5, 5.41) is 8.36. The molecule has 2 aliphatic rings. The molecule has 12 nitrogen and oxygen atoms in total. The Labute approximate surface area is 296 Å². The van der Waals surface area contributed by atoms with E-state index < -0.39 is 58.5 Å². The molecular formula is C38H57N5O7. The van der Waals surface area contributed by atoms with Gasteiger partial charge in [-0.2, -0.15) is 0 Å². The largest absolute Gasteiger partial charge is 0.347 e. The molecule has 3 rings (SSSR count). The molecule has 0 spiro atoms. The number of ketones is 3. The molecule has 1 saturated heterocycles. The van der Waals surface area contributed by atoms with Crippen molar-refractivity contribution in [3.8, 4) is 0 Å². The lowest BCUT2D eigenvalue weighted by Crippen LogP contribution is -2.60. The van der Waals surface area contributed by atoms with Crippen LogP contribution in [0.3, 0.4) is 0 Å². The van der Waals surface area contributed by atoms with Crippen LogP contribution in [0.5, 0.6) is 0 Å². The minimum atomic E-state index is -0.941. The summed E-state index contributed by atoms with van der Waals surface area (Å²) in [5.41, 5.74) is -0.568. The lowest BCUT2D eigenvalue weighted by Gasteiger charge is -2.37. The van der Waals surface area contributed by atoms with Gasteiger partial charge in [0.15, 0.2) is 11.6 Å². The van der Waals surface area contributed by atoms with E-state index in [1.54, 1.807) is 49.3 Å². The minimum absolute atomic E-state index is 0.0146. The molecule has 1 aromatic carbocycles. The summed E-state index contributed by atoms with van der Waals surface area (Å²) < 4.78 is 0. The number of unbranched alkanes of at least 4 members (excludes halogenated alkanes) is 1. The number of likely N-dealkylation sites (N-methyl/N-ethyl adjacent to an activating group) is 1. The van der Waals surface area contributed by atoms with Crippen molar-refractivity contribution in [1.82, 2.24) is 25.8 Å². The van der Waals surface area contributed by atoms with E-state index in [1.807, 2.05) is 48.5 Å². The number of urea groups is 1. The molecule has 2 fully saturated rings. The zero-order valence-electron chi connectivity index (χ0n) is 31.3. The van der Waals surface area contributed by atoms with E-state index in [0.717, 1.165) is 12.8 Å². The van der Waals surface area contributed by atoms with E-state index in [4.69, 9.17) is 0 Å². The van der Waals surface area contributed by atoms with Gasteiger partial charge in [-0.05, 0) is 56.4 Å². The SMILES string of the molecule is CCCCC(CC(=O)[C@@H]1[C@H]2C[C@H]2CN1C(=O)[C@@H](NC(=O)NC(C)(C)C)C(C)(C)C)C(=O)C(=O)CCC(=O)N[C@H](C(=O)N(C)C)c1ccccc1. The maximum Gasteiger partial charge on any atom is 0.315 e. The predicted molar refractivity (Wildman–Crippen MR) is 190 cm³/mol. The van der Waals surface area contributed by atoms with Crippen LogP contribution in [0.4, 0.5) is 4.79 Å². The standard InChI is InChI=1S/C38H57N5O7/c1-10-11-15-24(32(47)27(44)18-19-29(46)39-30(34(48)42(8)9)23-16-13-12-14-17-23)21-28(45)31-26-20-25(26)22-43(31)35(49)33(37(2,3)4)40-36(50)41-38(5,6)7/h12-14,16-17,24-26,30-31,33H,10-11,15,18-22H2,1-9H3,(H,39,46)(H2,40,41,50)/t24?,25-,26-,30-,31-,33+/m0/s1. The first-order valence-electron chi connectivity index (χ1n) is 17.8. The van der Waals surface area contributed by atoms with Crippen LogP contribution >= 0.6 is 0 Å². The summed E-state index contributed by atoms with van der Waals surface area (Å²) in [5.74, 6) is -3.62. The molecule has 1 saturated carbocycles. The summed E-state index contributed by atoms with van der Waals surface area (Å²) in [6.45, 7) is 13.4. The Balaban J connectivity index is 1.69. The van der Waals surface area contributed by atoms with Crippen molar-refractivity contribution >= 4 is 41.1 Å². The third-order valence-corrected chi connectivity index (χ3v) is 9.34. The third kappa shape index (κ3) is 11.0. The van der Waals surface area contributed by atoms with Crippen molar-refractivity contribution in [2.24, 2.45) is 23.2 Å². The van der Waals surface area contributed by atoms with Crippen LogP contribution in [-0.2, 0) is 28.8 Å². The Morgan fingerprint density at radius 1 is 0.920 bits per heavy atom. The highest BCUT2D eigenvalue weighted by molar-refractivity contribution is 6.38. The smallest absolute Gasteiger partial charge is 0.315 e. The number of fused-ring (bicyclic) bond motifs is 1. The van der Waals surface area contributed by atoms with Gasteiger partial charge in [-0.15, -0.1) is 0 Å². The average molecular weight is 696 g/mol. The van der Waals surface area contributed by atoms with Gasteiger partial charge < -0.3 is 25.8 Å². The van der Waals surface area contributed by atoms with Crippen LogP contribution < -0.4 is 16.0 Å². The first-order chi connectivity index (χ1) is 23.2. The van der Waals surface area contributed by atoms with Crippen LogP contribution in [0.2, 0.25) is 0 Å². The Morgan fingerprint density at radius 3 is 2.12 bits per heavy atom. The second-order valence-electron chi connectivity index (χ2n) is 16.2. The van der Waals surface area contributed by atoms with Crippen molar-refractivity contribution in [1.29, 1.82) is 0 Å². The summed E-state index contributed by atoms with van der Waals surface area (Å²) in [7, 11) is 3.17. The number of amides is 5. The van der Waals surface area contributed by atoms with Crippen LogP contribution in [0.15, 0.2) is 30.3 Å². The molecule has 1 unspecified atom stereocenters. The first kappa shape index (κ1) is 40.3. The van der Waals surface area contributed by atoms with Crippen LogP contribution in [0.1, 0.15) is 105 Å². The number of piperidine rings is 1. The fourth-order valence-electron chi connectivity index (χ4n) is 6.57. The fourth-order valence-corrected chi connectivity index (χ4v) is 6.57. The predicted octanol–water partition coefficient (Wildman–Crippen LogP) is 3.98. The number of rotatable bonds is 16. The van der Waals surface area contributed by atoms with Gasteiger partial charge in [0.2, 0.25) is 23.5 Å². The van der Waals surface area contributed by atoms with Crippen LogP contribution in [0, 0.1) is 23.2 Å². The molecule has 0 aromatic heterocycles. The van der Waals surface area contributed by atoms with Gasteiger partial charge in [0.1, 0.15) is 12.1 Å². The molecule has 1 aliphatic carbocycles. The summed E-state index contributed by atoms with van der Waals surface area (Å²) in [4.78, 5) is 96.1. The topological polar surface area (TPSA) is 162 Å². The van der Waals surface area contributed by atoms with E-state index in [-0.39, 0.29) is 48.7 Å². The fraction of sp³-hybridized carbons (Fsp3) is 0.658. The molecule has 50 heavy (non-hydrogen) atoms. The number of carbonyl (C=O) groups is 7. The summed E-state index contributed by atoms with van der Waals surface area (Å²) in [6, 6.07) is 5.72. The minimum Gasteiger partial charge on any atom is -0.347 e. The molecule has 1 aliphatic heterocycles. The van der Waals surface area contributed by atoms with Gasteiger partial charge >= 0.3 is 6.03 Å². The lowest BCUT2D eigenvalue weighted by atomic mass is 9.84. The van der Waals surface area contributed by atoms with Crippen molar-refractivity contribution in [3.05, 3.63) is 35.9 Å². The summed E-state index contributed by atoms with van der Waals surface area (Å²) in [6.07, 6.45) is 1.69. The number of carbonyl (C=O) groups excluding carboxylic acids is 7. The average Bonchev–Trinajstić information content (AvgIpc) is 3.69. The molecule has 0 bridgehead atoms. The van der Waals surface area contributed by atoms with Crippen LogP contribution in [0.25, 0.3) is 0 Å². The highest BCUT2D eigenvalue weighted by Crippen LogP contribution is 2.50. The zero-order valence-corrected chi connectivity index (χ0v) is 31.3. The number of nitrogens with one attached hydrogen (secondary N) is 3. The highest BCUT2D eigenvalue weighted by atomic mass is 16.2. The molecule has 6 atom stereocenters. The van der Waals surface area contributed by atoms with Gasteiger partial charge in [0.25, 0.3) is 0 Å². The normalized spacial score (nSPS) is 20.1. The van der Waals surface area contributed by atoms with E-state index in [1.165, 1.54) is 4.90 Å². The lowest BCUT2D eigenvalue weighted by molar-refractivity contribution is -0.144. The number of hydrogen-bond acceptors (Lipinski definition) is 7. The highest BCUT2D eigenvalue weighted by Gasteiger charge is 2.58. The van der Waals surface area contributed by atoms with Gasteiger partial charge in [-0.25, -0.2) is 4.79 Å². The van der Waals surface area contributed by atoms with Gasteiger partial charge in [0, 0.05) is 51.4 Å². The maximum atomic E-state index is 14.0.